The molecule has 0 spiro atoms. The summed E-state index contributed by atoms with van der Waals surface area (Å²) in [6.45, 7) is 4.22. The highest BCUT2D eigenvalue weighted by molar-refractivity contribution is 7.99. The Hall–Kier alpha value is -2.53. The summed E-state index contributed by atoms with van der Waals surface area (Å²) in [4.78, 5) is 17.6. The van der Waals surface area contributed by atoms with Crippen molar-refractivity contribution >= 4 is 22.7 Å². The minimum atomic E-state index is -0.0250. The summed E-state index contributed by atoms with van der Waals surface area (Å²) < 4.78 is 6.90. The lowest BCUT2D eigenvalue weighted by atomic mass is 10.2. The molecule has 0 atom stereocenters. The molecular formula is C19H18N2O2S. The molecule has 24 heavy (non-hydrogen) atoms. The van der Waals surface area contributed by atoms with Gasteiger partial charge in [0.1, 0.15) is 5.75 Å². The summed E-state index contributed by atoms with van der Waals surface area (Å²) in [5.41, 5.74) is 1.72. The maximum Gasteiger partial charge on any atom is 0.262 e. The average molecular weight is 338 g/mol. The molecule has 1 aromatic heterocycles. The molecule has 1 heterocycles. The molecule has 0 amide bonds. The minimum Gasteiger partial charge on any atom is -0.497 e. The van der Waals surface area contributed by atoms with Crippen molar-refractivity contribution in [1.29, 1.82) is 0 Å². The van der Waals surface area contributed by atoms with Crippen molar-refractivity contribution in [2.24, 2.45) is 0 Å². The topological polar surface area (TPSA) is 44.1 Å². The second-order valence-electron chi connectivity index (χ2n) is 5.25. The maximum atomic E-state index is 12.9. The zero-order chi connectivity index (χ0) is 16.9. The molecule has 3 rings (SSSR count). The Morgan fingerprint density at radius 1 is 1.21 bits per heavy atom. The van der Waals surface area contributed by atoms with E-state index in [4.69, 9.17) is 4.74 Å². The van der Waals surface area contributed by atoms with Gasteiger partial charge in [0.05, 0.1) is 24.6 Å². The van der Waals surface area contributed by atoms with Crippen molar-refractivity contribution in [2.75, 3.05) is 12.9 Å². The van der Waals surface area contributed by atoms with Crippen LogP contribution in [0.15, 0.2) is 71.1 Å². The third kappa shape index (κ3) is 3.36. The van der Waals surface area contributed by atoms with Gasteiger partial charge in [-0.05, 0) is 29.8 Å². The molecule has 0 aliphatic rings. The van der Waals surface area contributed by atoms with Crippen LogP contribution in [0.3, 0.4) is 0 Å². The molecule has 0 N–H and O–H groups in total. The van der Waals surface area contributed by atoms with Gasteiger partial charge in [-0.3, -0.25) is 9.36 Å². The van der Waals surface area contributed by atoms with E-state index in [1.54, 1.807) is 11.7 Å². The van der Waals surface area contributed by atoms with Crippen LogP contribution in [-0.4, -0.2) is 22.4 Å². The molecule has 2 aromatic carbocycles. The number of ether oxygens (including phenoxy) is 1. The van der Waals surface area contributed by atoms with E-state index in [0.29, 0.717) is 22.8 Å². The first-order chi connectivity index (χ1) is 11.7. The zero-order valence-corrected chi connectivity index (χ0v) is 14.3. The van der Waals surface area contributed by atoms with Crippen LogP contribution in [-0.2, 0) is 6.54 Å². The Morgan fingerprint density at radius 2 is 1.96 bits per heavy atom. The number of hydrogen-bond acceptors (Lipinski definition) is 4. The minimum absolute atomic E-state index is 0.0250. The molecule has 5 heteroatoms. The van der Waals surface area contributed by atoms with Gasteiger partial charge < -0.3 is 4.74 Å². The van der Waals surface area contributed by atoms with Gasteiger partial charge in [0.2, 0.25) is 0 Å². The van der Waals surface area contributed by atoms with Gasteiger partial charge in [0.25, 0.3) is 5.56 Å². The molecule has 0 radical (unpaired) electrons. The molecule has 0 saturated carbocycles. The van der Waals surface area contributed by atoms with E-state index in [9.17, 15) is 4.79 Å². The molecule has 0 aliphatic carbocycles. The van der Waals surface area contributed by atoms with Crippen molar-refractivity contribution in [3.63, 3.8) is 0 Å². The molecule has 0 fully saturated rings. The highest BCUT2D eigenvalue weighted by Gasteiger charge is 2.11. The summed E-state index contributed by atoms with van der Waals surface area (Å²) in [5.74, 6) is 1.50. The number of rotatable bonds is 6. The Kier molecular flexibility index (Phi) is 5.01. The van der Waals surface area contributed by atoms with Gasteiger partial charge in [-0.1, -0.05) is 42.1 Å². The van der Waals surface area contributed by atoms with E-state index >= 15 is 0 Å². The van der Waals surface area contributed by atoms with Crippen molar-refractivity contribution in [3.05, 3.63) is 77.1 Å². The van der Waals surface area contributed by atoms with Crippen LogP contribution < -0.4 is 10.3 Å². The highest BCUT2D eigenvalue weighted by Crippen LogP contribution is 2.19. The molecule has 0 bridgehead atoms. The summed E-state index contributed by atoms with van der Waals surface area (Å²) in [7, 11) is 1.64. The van der Waals surface area contributed by atoms with E-state index < -0.39 is 0 Å². The van der Waals surface area contributed by atoms with Gasteiger partial charge in [0.15, 0.2) is 5.16 Å². The second-order valence-corrected chi connectivity index (χ2v) is 6.24. The second kappa shape index (κ2) is 7.36. The average Bonchev–Trinajstić information content (AvgIpc) is 2.63. The lowest BCUT2D eigenvalue weighted by Crippen LogP contribution is -2.24. The lowest BCUT2D eigenvalue weighted by Gasteiger charge is -2.13. The van der Waals surface area contributed by atoms with Crippen LogP contribution in [0.1, 0.15) is 5.56 Å². The molecule has 0 aliphatic heterocycles. The number of methoxy groups -OCH3 is 1. The van der Waals surface area contributed by atoms with E-state index in [-0.39, 0.29) is 5.56 Å². The summed E-state index contributed by atoms with van der Waals surface area (Å²) >= 11 is 1.51. The van der Waals surface area contributed by atoms with Crippen molar-refractivity contribution < 1.29 is 4.74 Å². The summed E-state index contributed by atoms with van der Waals surface area (Å²) in [6, 6.07) is 15.1. The molecule has 3 aromatic rings. The van der Waals surface area contributed by atoms with E-state index in [2.05, 4.69) is 11.6 Å². The van der Waals surface area contributed by atoms with Crippen molar-refractivity contribution in [1.82, 2.24) is 9.55 Å². The van der Waals surface area contributed by atoms with Gasteiger partial charge >= 0.3 is 0 Å². The Morgan fingerprint density at radius 3 is 2.67 bits per heavy atom. The third-order valence-corrected chi connectivity index (χ3v) is 4.63. The number of aromatic nitrogens is 2. The standard InChI is InChI=1S/C19H18N2O2S/c1-3-12-24-19-20-17-7-5-4-6-16(17)18(22)21(19)13-14-8-10-15(23-2)11-9-14/h3-11H,1,12-13H2,2H3. The number of para-hydroxylation sites is 1. The summed E-state index contributed by atoms with van der Waals surface area (Å²) in [6.07, 6.45) is 1.81. The van der Waals surface area contributed by atoms with Gasteiger partial charge in [-0.25, -0.2) is 4.98 Å². The monoisotopic (exact) mass is 338 g/mol. The van der Waals surface area contributed by atoms with Crippen molar-refractivity contribution in [3.8, 4) is 5.75 Å². The van der Waals surface area contributed by atoms with Crippen LogP contribution in [0.5, 0.6) is 5.75 Å². The number of fused-ring (bicyclic) bond motifs is 1. The zero-order valence-electron chi connectivity index (χ0n) is 13.4. The van der Waals surface area contributed by atoms with Crippen LogP contribution in [0.25, 0.3) is 10.9 Å². The lowest BCUT2D eigenvalue weighted by molar-refractivity contribution is 0.414. The first-order valence-electron chi connectivity index (χ1n) is 7.59. The van der Waals surface area contributed by atoms with E-state index in [0.717, 1.165) is 16.8 Å². The molecule has 4 nitrogen and oxygen atoms in total. The number of thioether (sulfide) groups is 1. The van der Waals surface area contributed by atoms with Crippen LogP contribution in [0.2, 0.25) is 0 Å². The normalized spacial score (nSPS) is 10.7. The molecule has 122 valence electrons. The fourth-order valence-electron chi connectivity index (χ4n) is 2.44. The Labute approximate surface area is 144 Å². The largest absolute Gasteiger partial charge is 0.497 e. The number of nitrogens with zero attached hydrogens (tertiary/aromatic N) is 2. The quantitative estimate of drug-likeness (QED) is 0.390. The first-order valence-corrected chi connectivity index (χ1v) is 8.57. The van der Waals surface area contributed by atoms with Crippen LogP contribution in [0.4, 0.5) is 0 Å². The molecule has 0 saturated heterocycles. The summed E-state index contributed by atoms with van der Waals surface area (Å²) in [5, 5.41) is 1.34. The Balaban J connectivity index is 2.07. The van der Waals surface area contributed by atoms with E-state index in [1.165, 1.54) is 11.8 Å². The maximum absolute atomic E-state index is 12.9. The predicted molar refractivity (Wildman–Crippen MR) is 99.0 cm³/mol. The fraction of sp³-hybridized carbons (Fsp3) is 0.158. The third-order valence-electron chi connectivity index (χ3n) is 3.66. The van der Waals surface area contributed by atoms with Crippen LogP contribution >= 0.6 is 11.8 Å². The molecular weight excluding hydrogens is 320 g/mol. The Bertz CT molecular complexity index is 917. The smallest absolute Gasteiger partial charge is 0.262 e. The van der Waals surface area contributed by atoms with Gasteiger partial charge in [-0.15, -0.1) is 6.58 Å². The highest BCUT2D eigenvalue weighted by atomic mass is 32.2. The number of benzene rings is 2. The van der Waals surface area contributed by atoms with Crippen molar-refractivity contribution in [2.45, 2.75) is 11.7 Å². The van der Waals surface area contributed by atoms with Gasteiger partial charge in [-0.2, -0.15) is 0 Å². The fourth-order valence-corrected chi connectivity index (χ4v) is 3.18. The van der Waals surface area contributed by atoms with E-state index in [1.807, 2.05) is 54.6 Å². The molecule has 0 unspecified atom stereocenters. The van der Waals surface area contributed by atoms with Gasteiger partial charge in [0, 0.05) is 5.75 Å². The first kappa shape index (κ1) is 16.3. The predicted octanol–water partition coefficient (Wildman–Crippen LogP) is 3.73. The number of hydrogen-bond donors (Lipinski definition) is 0. The SMILES string of the molecule is C=CCSc1nc2ccccc2c(=O)n1Cc1ccc(OC)cc1. The van der Waals surface area contributed by atoms with Crippen LogP contribution in [0, 0.1) is 0 Å².